The SMILES string of the molecule is COCCC(N)c1c(Br)nnn1C. The number of nitrogens with zero attached hydrogens (tertiary/aromatic N) is 3. The molecule has 2 N–H and O–H groups in total. The Bertz CT molecular complexity index is 256. The van der Waals surface area contributed by atoms with Gasteiger partial charge < -0.3 is 10.5 Å². The van der Waals surface area contributed by atoms with Gasteiger partial charge in [-0.25, -0.2) is 4.68 Å². The average molecular weight is 249 g/mol. The number of aryl methyl sites for hydroxylation is 1. The van der Waals surface area contributed by atoms with Crippen molar-refractivity contribution in [3.8, 4) is 0 Å². The second-order valence-electron chi connectivity index (χ2n) is 2.78. The van der Waals surface area contributed by atoms with Crippen LogP contribution in [0.15, 0.2) is 4.60 Å². The molecular formula is C7H13BrN4O. The highest BCUT2D eigenvalue weighted by molar-refractivity contribution is 9.10. The van der Waals surface area contributed by atoms with Crippen LogP contribution in [-0.4, -0.2) is 28.7 Å². The number of methoxy groups -OCH3 is 1. The Hall–Kier alpha value is -0.460. The Morgan fingerprint density at radius 2 is 2.38 bits per heavy atom. The molecule has 5 nitrogen and oxygen atoms in total. The molecular weight excluding hydrogens is 236 g/mol. The van der Waals surface area contributed by atoms with Crippen LogP contribution in [-0.2, 0) is 11.8 Å². The summed E-state index contributed by atoms with van der Waals surface area (Å²) in [7, 11) is 3.48. The van der Waals surface area contributed by atoms with Gasteiger partial charge in [0.1, 0.15) is 0 Å². The van der Waals surface area contributed by atoms with E-state index >= 15 is 0 Å². The van der Waals surface area contributed by atoms with Crippen LogP contribution in [0.2, 0.25) is 0 Å². The fourth-order valence-electron chi connectivity index (χ4n) is 1.11. The molecule has 0 saturated carbocycles. The Morgan fingerprint density at radius 1 is 1.69 bits per heavy atom. The number of halogens is 1. The van der Waals surface area contributed by atoms with Crippen molar-refractivity contribution in [3.63, 3.8) is 0 Å². The molecule has 13 heavy (non-hydrogen) atoms. The standard InChI is InChI=1S/C7H13BrN4O/c1-12-6(7(8)10-11-12)5(9)3-4-13-2/h5H,3-4,9H2,1-2H3. The third kappa shape index (κ3) is 2.49. The molecule has 0 spiro atoms. The molecule has 74 valence electrons. The van der Waals surface area contributed by atoms with Crippen LogP contribution >= 0.6 is 15.9 Å². The molecule has 0 aliphatic rings. The number of aromatic nitrogens is 3. The minimum absolute atomic E-state index is 0.0886. The Morgan fingerprint density at radius 3 is 2.85 bits per heavy atom. The summed E-state index contributed by atoms with van der Waals surface area (Å²) in [5.74, 6) is 0. The van der Waals surface area contributed by atoms with Crippen molar-refractivity contribution in [1.29, 1.82) is 0 Å². The zero-order valence-corrected chi connectivity index (χ0v) is 9.28. The minimum Gasteiger partial charge on any atom is -0.385 e. The molecule has 1 aromatic heterocycles. The number of hydrogen-bond acceptors (Lipinski definition) is 4. The van der Waals surface area contributed by atoms with E-state index in [1.165, 1.54) is 0 Å². The predicted octanol–water partition coefficient (Wildman–Crippen LogP) is 0.614. The van der Waals surface area contributed by atoms with E-state index < -0.39 is 0 Å². The normalized spacial score (nSPS) is 13.2. The summed E-state index contributed by atoms with van der Waals surface area (Å²) in [6, 6.07) is -0.0886. The molecule has 0 fully saturated rings. The van der Waals surface area contributed by atoms with Crippen molar-refractivity contribution in [2.24, 2.45) is 12.8 Å². The van der Waals surface area contributed by atoms with Crippen LogP contribution in [0, 0.1) is 0 Å². The van der Waals surface area contributed by atoms with E-state index in [0.717, 1.165) is 12.1 Å². The van der Waals surface area contributed by atoms with Crippen molar-refractivity contribution in [1.82, 2.24) is 15.0 Å². The molecule has 1 atom stereocenters. The Balaban J connectivity index is 2.69. The number of nitrogens with two attached hydrogens (primary N) is 1. The topological polar surface area (TPSA) is 66.0 Å². The lowest BCUT2D eigenvalue weighted by atomic mass is 10.2. The second-order valence-corrected chi connectivity index (χ2v) is 3.53. The maximum Gasteiger partial charge on any atom is 0.153 e. The van der Waals surface area contributed by atoms with Gasteiger partial charge in [0.15, 0.2) is 4.60 Å². The van der Waals surface area contributed by atoms with Crippen molar-refractivity contribution in [2.75, 3.05) is 13.7 Å². The summed E-state index contributed by atoms with van der Waals surface area (Å²) in [6.07, 6.45) is 0.760. The van der Waals surface area contributed by atoms with E-state index in [-0.39, 0.29) is 6.04 Å². The number of hydrogen-bond donors (Lipinski definition) is 1. The second kappa shape index (κ2) is 4.69. The summed E-state index contributed by atoms with van der Waals surface area (Å²) >= 11 is 3.29. The van der Waals surface area contributed by atoms with Crippen molar-refractivity contribution >= 4 is 15.9 Å². The highest BCUT2D eigenvalue weighted by Gasteiger charge is 2.15. The number of ether oxygens (including phenoxy) is 1. The summed E-state index contributed by atoms with van der Waals surface area (Å²) in [6.45, 7) is 0.638. The average Bonchev–Trinajstić information content (AvgIpc) is 2.42. The van der Waals surface area contributed by atoms with Gasteiger partial charge in [-0.2, -0.15) is 0 Å². The smallest absolute Gasteiger partial charge is 0.153 e. The maximum atomic E-state index is 5.92. The molecule has 1 aromatic rings. The van der Waals surface area contributed by atoms with Crippen LogP contribution < -0.4 is 5.73 Å². The van der Waals surface area contributed by atoms with Gasteiger partial charge >= 0.3 is 0 Å². The van der Waals surface area contributed by atoms with Crippen molar-refractivity contribution in [2.45, 2.75) is 12.5 Å². The monoisotopic (exact) mass is 248 g/mol. The summed E-state index contributed by atoms with van der Waals surface area (Å²) in [5, 5.41) is 7.70. The van der Waals surface area contributed by atoms with Crippen LogP contribution in [0.4, 0.5) is 0 Å². The van der Waals surface area contributed by atoms with E-state index in [2.05, 4.69) is 26.2 Å². The van der Waals surface area contributed by atoms with E-state index in [9.17, 15) is 0 Å². The van der Waals surface area contributed by atoms with Crippen molar-refractivity contribution < 1.29 is 4.74 Å². The molecule has 0 bridgehead atoms. The highest BCUT2D eigenvalue weighted by atomic mass is 79.9. The van der Waals surface area contributed by atoms with Gasteiger partial charge in [-0.3, -0.25) is 0 Å². The van der Waals surface area contributed by atoms with Crippen LogP contribution in [0.1, 0.15) is 18.2 Å². The molecule has 1 heterocycles. The molecule has 1 unspecified atom stereocenters. The first-order valence-electron chi connectivity index (χ1n) is 3.96. The summed E-state index contributed by atoms with van der Waals surface area (Å²) in [4.78, 5) is 0. The fourth-order valence-corrected chi connectivity index (χ4v) is 1.74. The Labute approximate surface area is 85.4 Å². The van der Waals surface area contributed by atoms with E-state index in [4.69, 9.17) is 10.5 Å². The Kier molecular flexibility index (Phi) is 3.83. The molecule has 0 aliphatic heterocycles. The lowest BCUT2D eigenvalue weighted by Crippen LogP contribution is -2.16. The van der Waals surface area contributed by atoms with Gasteiger partial charge in [0.2, 0.25) is 0 Å². The van der Waals surface area contributed by atoms with Crippen LogP contribution in [0.3, 0.4) is 0 Å². The first-order valence-corrected chi connectivity index (χ1v) is 4.75. The molecule has 0 aliphatic carbocycles. The zero-order valence-electron chi connectivity index (χ0n) is 7.70. The third-order valence-electron chi connectivity index (χ3n) is 1.81. The number of rotatable bonds is 4. The van der Waals surface area contributed by atoms with Gasteiger partial charge in [0.25, 0.3) is 0 Å². The molecule has 6 heteroatoms. The first kappa shape index (κ1) is 10.6. The molecule has 0 aromatic carbocycles. The van der Waals surface area contributed by atoms with Crippen LogP contribution in [0.25, 0.3) is 0 Å². The van der Waals surface area contributed by atoms with E-state index in [0.29, 0.717) is 11.2 Å². The largest absolute Gasteiger partial charge is 0.385 e. The summed E-state index contributed by atoms with van der Waals surface area (Å²) in [5.41, 5.74) is 6.82. The van der Waals surface area contributed by atoms with Crippen LogP contribution in [0.5, 0.6) is 0 Å². The van der Waals surface area contributed by atoms with Gasteiger partial charge in [0, 0.05) is 20.8 Å². The molecule has 0 amide bonds. The van der Waals surface area contributed by atoms with Crippen molar-refractivity contribution in [3.05, 3.63) is 10.3 Å². The third-order valence-corrected chi connectivity index (χ3v) is 2.38. The lowest BCUT2D eigenvalue weighted by Gasteiger charge is -2.10. The van der Waals surface area contributed by atoms with Gasteiger partial charge in [-0.1, -0.05) is 5.21 Å². The summed E-state index contributed by atoms with van der Waals surface area (Å²) < 4.78 is 7.32. The molecule has 0 saturated heterocycles. The molecule has 0 radical (unpaired) electrons. The van der Waals surface area contributed by atoms with Gasteiger partial charge in [0.05, 0.1) is 11.7 Å². The maximum absolute atomic E-state index is 5.92. The van der Waals surface area contributed by atoms with Gasteiger partial charge in [-0.05, 0) is 22.4 Å². The highest BCUT2D eigenvalue weighted by Crippen LogP contribution is 2.20. The fraction of sp³-hybridized carbons (Fsp3) is 0.714. The lowest BCUT2D eigenvalue weighted by molar-refractivity contribution is 0.187. The molecule has 1 rings (SSSR count). The quantitative estimate of drug-likeness (QED) is 0.849. The van der Waals surface area contributed by atoms with E-state index in [1.807, 2.05) is 7.05 Å². The van der Waals surface area contributed by atoms with E-state index in [1.54, 1.807) is 11.8 Å². The van der Waals surface area contributed by atoms with Gasteiger partial charge in [-0.15, -0.1) is 5.10 Å². The minimum atomic E-state index is -0.0886. The zero-order chi connectivity index (χ0) is 9.84. The first-order chi connectivity index (χ1) is 6.16. The predicted molar refractivity (Wildman–Crippen MR) is 52.1 cm³/mol.